The third-order valence-electron chi connectivity index (χ3n) is 3.07. The Hall–Kier alpha value is -1.33. The zero-order valence-electron chi connectivity index (χ0n) is 9.70. The molecule has 0 radical (unpaired) electrons. The smallest absolute Gasteiger partial charge is 0.343 e. The van der Waals surface area contributed by atoms with Crippen LogP contribution in [0.15, 0.2) is 18.2 Å². The fourth-order valence-corrected chi connectivity index (χ4v) is 2.54. The van der Waals surface area contributed by atoms with Crippen molar-refractivity contribution in [3.05, 3.63) is 33.8 Å². The molecular weight excluding hydrogens is 296 g/mol. The maximum Gasteiger partial charge on any atom is 0.343 e. The Morgan fingerprint density at radius 3 is 2.37 bits per heavy atom. The molecule has 1 aliphatic heterocycles. The van der Waals surface area contributed by atoms with Crippen LogP contribution in [0.25, 0.3) is 0 Å². The number of carboxylic acid groups (broad SMARTS) is 1. The molecule has 0 aromatic heterocycles. The summed E-state index contributed by atoms with van der Waals surface area (Å²) in [7, 11) is 0. The summed E-state index contributed by atoms with van der Waals surface area (Å²) < 4.78 is 13.9. The fraction of sp³-hybridized carbons (Fsp3) is 0.333. The molecule has 1 aliphatic rings. The first-order chi connectivity index (χ1) is 8.85. The standard InChI is InChI=1S/C12H10Cl2FNO3/c13-7-2-1-3-8(14)9(7)10(17)16-5-4-12(15,6-16)11(18)19/h1-3H,4-6H2,(H,18,19). The van der Waals surface area contributed by atoms with Crippen molar-refractivity contribution in [1.82, 2.24) is 4.90 Å². The normalized spacial score (nSPS) is 22.6. The first kappa shape index (κ1) is 14.1. The second-order valence-electron chi connectivity index (χ2n) is 4.34. The summed E-state index contributed by atoms with van der Waals surface area (Å²) >= 11 is 11.8. The van der Waals surface area contributed by atoms with Crippen molar-refractivity contribution in [1.29, 1.82) is 0 Å². The van der Waals surface area contributed by atoms with Gasteiger partial charge in [0.05, 0.1) is 22.2 Å². The molecule has 1 heterocycles. The largest absolute Gasteiger partial charge is 0.479 e. The van der Waals surface area contributed by atoms with Gasteiger partial charge in [0.15, 0.2) is 0 Å². The molecule has 0 saturated carbocycles. The van der Waals surface area contributed by atoms with E-state index in [2.05, 4.69) is 0 Å². The molecule has 4 nitrogen and oxygen atoms in total. The van der Waals surface area contributed by atoms with Crippen molar-refractivity contribution in [3.63, 3.8) is 0 Å². The lowest BCUT2D eigenvalue weighted by atomic mass is 10.1. The van der Waals surface area contributed by atoms with Gasteiger partial charge in [-0.2, -0.15) is 0 Å². The minimum absolute atomic E-state index is 0.0170. The van der Waals surface area contributed by atoms with E-state index in [9.17, 15) is 14.0 Å². The third-order valence-corrected chi connectivity index (χ3v) is 3.70. The number of carboxylic acids is 1. The Morgan fingerprint density at radius 2 is 1.89 bits per heavy atom. The van der Waals surface area contributed by atoms with Gasteiger partial charge in [0, 0.05) is 13.0 Å². The van der Waals surface area contributed by atoms with Gasteiger partial charge < -0.3 is 10.0 Å². The molecule has 7 heteroatoms. The summed E-state index contributed by atoms with van der Waals surface area (Å²) in [6.07, 6.45) is -0.240. The van der Waals surface area contributed by atoms with Crippen LogP contribution >= 0.6 is 23.2 Å². The number of halogens is 3. The second-order valence-corrected chi connectivity index (χ2v) is 5.16. The number of aliphatic carboxylic acids is 1. The molecule has 1 amide bonds. The van der Waals surface area contributed by atoms with Crippen LogP contribution in [0.2, 0.25) is 10.0 Å². The lowest BCUT2D eigenvalue weighted by molar-refractivity contribution is -0.149. The fourth-order valence-electron chi connectivity index (χ4n) is 1.98. The molecule has 0 spiro atoms. The number of nitrogens with zero attached hydrogens (tertiary/aromatic N) is 1. The maximum atomic E-state index is 13.9. The van der Waals surface area contributed by atoms with Gasteiger partial charge >= 0.3 is 5.97 Å². The first-order valence-electron chi connectivity index (χ1n) is 5.51. The average molecular weight is 306 g/mol. The molecule has 102 valence electrons. The van der Waals surface area contributed by atoms with Crippen LogP contribution in [0.1, 0.15) is 16.8 Å². The van der Waals surface area contributed by atoms with Crippen LogP contribution in [0.5, 0.6) is 0 Å². The molecule has 1 atom stereocenters. The third kappa shape index (κ3) is 2.53. The molecule has 1 fully saturated rings. The Kier molecular flexibility index (Phi) is 3.69. The van der Waals surface area contributed by atoms with Gasteiger partial charge in [0.25, 0.3) is 5.91 Å². The van der Waals surface area contributed by atoms with E-state index in [4.69, 9.17) is 28.3 Å². The van der Waals surface area contributed by atoms with E-state index in [0.717, 1.165) is 4.90 Å². The van der Waals surface area contributed by atoms with Gasteiger partial charge in [0.1, 0.15) is 0 Å². The first-order valence-corrected chi connectivity index (χ1v) is 6.26. The lowest BCUT2D eigenvalue weighted by Gasteiger charge is -2.19. The van der Waals surface area contributed by atoms with E-state index in [1.165, 1.54) is 12.1 Å². The van der Waals surface area contributed by atoms with Crippen LogP contribution in [-0.4, -0.2) is 40.6 Å². The Labute approximate surface area is 118 Å². The van der Waals surface area contributed by atoms with Crippen molar-refractivity contribution in [2.45, 2.75) is 12.1 Å². The minimum atomic E-state index is -2.40. The number of carbonyl (C=O) groups is 2. The number of hydrogen-bond acceptors (Lipinski definition) is 2. The van der Waals surface area contributed by atoms with Crippen molar-refractivity contribution in [2.24, 2.45) is 0 Å². The highest BCUT2D eigenvalue weighted by Gasteiger charge is 2.47. The summed E-state index contributed by atoms with van der Waals surface area (Å²) in [5.41, 5.74) is -2.33. The van der Waals surface area contributed by atoms with Gasteiger partial charge in [-0.25, -0.2) is 9.18 Å². The van der Waals surface area contributed by atoms with E-state index in [1.807, 2.05) is 0 Å². The summed E-state index contributed by atoms with van der Waals surface area (Å²) in [5, 5.41) is 9.10. The van der Waals surface area contributed by atoms with Crippen molar-refractivity contribution in [3.8, 4) is 0 Å². The Morgan fingerprint density at radius 1 is 1.32 bits per heavy atom. The highest BCUT2D eigenvalue weighted by Crippen LogP contribution is 2.31. The molecule has 19 heavy (non-hydrogen) atoms. The number of hydrogen-bond donors (Lipinski definition) is 1. The monoisotopic (exact) mass is 305 g/mol. The van der Waals surface area contributed by atoms with E-state index in [-0.39, 0.29) is 28.6 Å². The second kappa shape index (κ2) is 4.98. The average Bonchev–Trinajstić information content (AvgIpc) is 2.73. The van der Waals surface area contributed by atoms with Crippen LogP contribution in [0, 0.1) is 0 Å². The molecule has 1 saturated heterocycles. The van der Waals surface area contributed by atoms with Crippen molar-refractivity contribution in [2.75, 3.05) is 13.1 Å². The zero-order chi connectivity index (χ0) is 14.2. The maximum absolute atomic E-state index is 13.9. The Balaban J connectivity index is 2.25. The number of benzene rings is 1. The number of likely N-dealkylation sites (tertiary alicyclic amines) is 1. The van der Waals surface area contributed by atoms with E-state index in [1.54, 1.807) is 6.07 Å². The summed E-state index contributed by atoms with van der Waals surface area (Å²) in [4.78, 5) is 24.1. The summed E-state index contributed by atoms with van der Waals surface area (Å²) in [6, 6.07) is 4.58. The molecule has 2 rings (SSSR count). The number of carbonyl (C=O) groups excluding carboxylic acids is 1. The van der Waals surface area contributed by atoms with E-state index < -0.39 is 24.1 Å². The van der Waals surface area contributed by atoms with Crippen LogP contribution in [0.4, 0.5) is 4.39 Å². The number of rotatable bonds is 2. The number of amides is 1. The van der Waals surface area contributed by atoms with E-state index in [0.29, 0.717) is 0 Å². The van der Waals surface area contributed by atoms with Gasteiger partial charge in [-0.3, -0.25) is 4.79 Å². The molecule has 0 aliphatic carbocycles. The van der Waals surface area contributed by atoms with Crippen LogP contribution in [-0.2, 0) is 4.79 Å². The van der Waals surface area contributed by atoms with Crippen molar-refractivity contribution >= 4 is 35.1 Å². The van der Waals surface area contributed by atoms with Crippen LogP contribution < -0.4 is 0 Å². The molecule has 1 unspecified atom stereocenters. The van der Waals surface area contributed by atoms with Crippen molar-refractivity contribution < 1.29 is 19.1 Å². The van der Waals surface area contributed by atoms with Gasteiger partial charge in [0.2, 0.25) is 5.67 Å². The predicted octanol–water partition coefficient (Wildman–Crippen LogP) is 2.63. The van der Waals surface area contributed by atoms with Crippen LogP contribution in [0.3, 0.4) is 0 Å². The number of alkyl halides is 1. The highest BCUT2D eigenvalue weighted by molar-refractivity contribution is 6.39. The van der Waals surface area contributed by atoms with Gasteiger partial charge in [-0.1, -0.05) is 29.3 Å². The SMILES string of the molecule is O=C(c1c(Cl)cccc1Cl)N1CCC(F)(C(=O)O)C1. The molecular formula is C12H10Cl2FNO3. The quantitative estimate of drug-likeness (QED) is 0.914. The van der Waals surface area contributed by atoms with Gasteiger partial charge in [-0.05, 0) is 12.1 Å². The summed E-state index contributed by atoms with van der Waals surface area (Å²) in [5.74, 6) is -2.12. The highest BCUT2D eigenvalue weighted by atomic mass is 35.5. The molecule has 1 aromatic carbocycles. The minimum Gasteiger partial charge on any atom is -0.479 e. The zero-order valence-corrected chi connectivity index (χ0v) is 11.2. The molecule has 1 N–H and O–H groups in total. The lowest BCUT2D eigenvalue weighted by Crippen LogP contribution is -2.39. The summed E-state index contributed by atoms with van der Waals surface area (Å²) in [6.45, 7) is -0.480. The molecule has 0 bridgehead atoms. The predicted molar refractivity (Wildman–Crippen MR) is 68.5 cm³/mol. The topological polar surface area (TPSA) is 57.6 Å². The molecule has 1 aromatic rings. The van der Waals surface area contributed by atoms with Gasteiger partial charge in [-0.15, -0.1) is 0 Å². The Bertz CT molecular complexity index is 532. The van der Waals surface area contributed by atoms with E-state index >= 15 is 0 Å².